The number of halogens is 2. The summed E-state index contributed by atoms with van der Waals surface area (Å²) in [5, 5.41) is 5.22. The number of fused-ring (bicyclic) bond motifs is 2. The van der Waals surface area contributed by atoms with Gasteiger partial charge >= 0.3 is 0 Å². The van der Waals surface area contributed by atoms with Crippen LogP contribution in [0, 0.1) is 5.82 Å². The van der Waals surface area contributed by atoms with E-state index in [1.165, 1.54) is 12.1 Å². The zero-order chi connectivity index (χ0) is 22.8. The van der Waals surface area contributed by atoms with Crippen LogP contribution in [0.3, 0.4) is 0 Å². The molecule has 0 bridgehead atoms. The lowest BCUT2D eigenvalue weighted by Gasteiger charge is -2.08. The minimum absolute atomic E-state index is 0.112. The molecule has 0 aliphatic heterocycles. The van der Waals surface area contributed by atoms with E-state index in [9.17, 15) is 9.18 Å². The molecule has 0 saturated carbocycles. The van der Waals surface area contributed by atoms with Crippen molar-refractivity contribution in [2.75, 3.05) is 5.32 Å². The van der Waals surface area contributed by atoms with E-state index in [-0.39, 0.29) is 11.7 Å². The Bertz CT molecular complexity index is 1480. The highest BCUT2D eigenvalue weighted by atomic mass is 35.5. The SMILES string of the molecule is O=C(CCCc1c(-c2ccc3ccccc3n2)[nH]c2ccc(F)cc12)Nc1ccccc1Cl. The number of H-pyrrole nitrogens is 1. The second-order valence-electron chi connectivity index (χ2n) is 7.94. The van der Waals surface area contributed by atoms with Crippen molar-refractivity contribution >= 4 is 45.0 Å². The molecular weight excluding hydrogens is 437 g/mol. The Labute approximate surface area is 195 Å². The van der Waals surface area contributed by atoms with Gasteiger partial charge in [-0.1, -0.05) is 48.0 Å². The molecule has 0 atom stereocenters. The molecule has 0 aliphatic carbocycles. The van der Waals surface area contributed by atoms with E-state index in [1.807, 2.05) is 48.5 Å². The zero-order valence-corrected chi connectivity index (χ0v) is 18.5. The Morgan fingerprint density at radius 3 is 2.70 bits per heavy atom. The normalized spacial score (nSPS) is 11.2. The standard InChI is InChI=1S/C27H21ClFN3O/c28-21-8-2-4-10-24(21)31-26(33)11-5-7-19-20-16-18(29)13-15-23(20)32-27(19)25-14-12-17-6-1-3-9-22(17)30-25/h1-4,6,8-10,12-16,32H,5,7,11H2,(H,31,33). The van der Waals surface area contributed by atoms with Crippen molar-refractivity contribution in [1.29, 1.82) is 0 Å². The molecule has 2 heterocycles. The maximum atomic E-state index is 14.1. The van der Waals surface area contributed by atoms with E-state index >= 15 is 0 Å². The average Bonchev–Trinajstić information content (AvgIpc) is 3.18. The number of aromatic nitrogens is 2. The van der Waals surface area contributed by atoms with Gasteiger partial charge < -0.3 is 10.3 Å². The highest BCUT2D eigenvalue weighted by Crippen LogP contribution is 2.32. The number of benzene rings is 3. The first kappa shape index (κ1) is 21.2. The third-order valence-corrected chi connectivity index (χ3v) is 6.03. The first-order chi connectivity index (χ1) is 16.1. The molecule has 0 radical (unpaired) electrons. The minimum atomic E-state index is -0.294. The molecule has 5 rings (SSSR count). The van der Waals surface area contributed by atoms with Gasteiger partial charge in [0.1, 0.15) is 5.82 Å². The lowest BCUT2D eigenvalue weighted by molar-refractivity contribution is -0.116. The van der Waals surface area contributed by atoms with Crippen molar-refractivity contribution in [3.05, 3.63) is 95.3 Å². The topological polar surface area (TPSA) is 57.8 Å². The Morgan fingerprint density at radius 1 is 1.00 bits per heavy atom. The van der Waals surface area contributed by atoms with Crippen molar-refractivity contribution in [2.45, 2.75) is 19.3 Å². The summed E-state index contributed by atoms with van der Waals surface area (Å²) in [7, 11) is 0. The Hall–Kier alpha value is -3.70. The molecule has 2 aromatic heterocycles. The predicted octanol–water partition coefficient (Wildman–Crippen LogP) is 7.14. The van der Waals surface area contributed by atoms with Crippen molar-refractivity contribution < 1.29 is 9.18 Å². The summed E-state index contributed by atoms with van der Waals surface area (Å²) >= 11 is 6.13. The van der Waals surface area contributed by atoms with Crippen LogP contribution in [0.15, 0.2) is 78.9 Å². The van der Waals surface area contributed by atoms with E-state index in [0.29, 0.717) is 30.0 Å². The molecule has 0 spiro atoms. The fourth-order valence-electron chi connectivity index (χ4n) is 4.10. The molecule has 5 aromatic rings. The number of nitrogens with zero attached hydrogens (tertiary/aromatic N) is 1. The maximum absolute atomic E-state index is 14.1. The van der Waals surface area contributed by atoms with Gasteiger partial charge in [-0.25, -0.2) is 9.37 Å². The van der Waals surface area contributed by atoms with Gasteiger partial charge in [-0.2, -0.15) is 0 Å². The second kappa shape index (κ2) is 9.04. The van der Waals surface area contributed by atoms with Crippen LogP contribution in [0.25, 0.3) is 33.2 Å². The molecular formula is C27H21ClFN3O. The number of amides is 1. The average molecular weight is 458 g/mol. The van der Waals surface area contributed by atoms with Crippen molar-refractivity contribution in [3.63, 3.8) is 0 Å². The van der Waals surface area contributed by atoms with Gasteiger partial charge in [0.05, 0.1) is 27.6 Å². The first-order valence-corrected chi connectivity index (χ1v) is 11.2. The number of hydrogen-bond donors (Lipinski definition) is 2. The third-order valence-electron chi connectivity index (χ3n) is 5.70. The molecule has 0 unspecified atom stereocenters. The van der Waals surface area contributed by atoms with E-state index in [4.69, 9.17) is 16.6 Å². The molecule has 4 nitrogen and oxygen atoms in total. The maximum Gasteiger partial charge on any atom is 0.224 e. The predicted molar refractivity (Wildman–Crippen MR) is 132 cm³/mol. The largest absolute Gasteiger partial charge is 0.353 e. The summed E-state index contributed by atoms with van der Waals surface area (Å²) in [6.45, 7) is 0. The van der Waals surface area contributed by atoms with Crippen molar-refractivity contribution in [3.8, 4) is 11.4 Å². The highest BCUT2D eigenvalue weighted by Gasteiger charge is 2.16. The summed E-state index contributed by atoms with van der Waals surface area (Å²) < 4.78 is 14.1. The van der Waals surface area contributed by atoms with E-state index in [1.54, 1.807) is 18.2 Å². The lowest BCUT2D eigenvalue weighted by atomic mass is 10.0. The Balaban J connectivity index is 1.42. The molecule has 1 amide bonds. The quantitative estimate of drug-likeness (QED) is 0.285. The fourth-order valence-corrected chi connectivity index (χ4v) is 4.29. The van der Waals surface area contributed by atoms with Crippen LogP contribution in [0.5, 0.6) is 0 Å². The van der Waals surface area contributed by atoms with Crippen molar-refractivity contribution in [2.24, 2.45) is 0 Å². The summed E-state index contributed by atoms with van der Waals surface area (Å²) in [6.07, 6.45) is 1.52. The van der Waals surface area contributed by atoms with Gasteiger partial charge in [0.2, 0.25) is 5.91 Å². The molecule has 6 heteroatoms. The van der Waals surface area contributed by atoms with E-state index < -0.39 is 0 Å². The second-order valence-corrected chi connectivity index (χ2v) is 8.35. The summed E-state index contributed by atoms with van der Waals surface area (Å²) in [5.41, 5.74) is 4.94. The molecule has 164 valence electrons. The van der Waals surface area contributed by atoms with Crippen LogP contribution < -0.4 is 5.32 Å². The van der Waals surface area contributed by atoms with Gasteiger partial charge in [-0.3, -0.25) is 4.79 Å². The Kier molecular flexibility index (Phi) is 5.80. The minimum Gasteiger partial charge on any atom is -0.353 e. The van der Waals surface area contributed by atoms with Crippen LogP contribution in [0.4, 0.5) is 10.1 Å². The molecule has 0 fully saturated rings. The number of carbonyl (C=O) groups excluding carboxylic acids is 1. The van der Waals surface area contributed by atoms with Gasteiger partial charge in [0.15, 0.2) is 0 Å². The number of nitrogens with one attached hydrogen (secondary N) is 2. The summed E-state index contributed by atoms with van der Waals surface area (Å²) in [6, 6.07) is 23.8. The molecule has 0 aliphatic rings. The Morgan fingerprint density at radius 2 is 1.82 bits per heavy atom. The van der Waals surface area contributed by atoms with Gasteiger partial charge in [0.25, 0.3) is 0 Å². The van der Waals surface area contributed by atoms with Crippen LogP contribution in [0.1, 0.15) is 18.4 Å². The third kappa shape index (κ3) is 4.45. The van der Waals surface area contributed by atoms with Crippen LogP contribution in [0.2, 0.25) is 5.02 Å². The lowest BCUT2D eigenvalue weighted by Crippen LogP contribution is -2.11. The number of pyridine rings is 1. The van der Waals surface area contributed by atoms with Crippen LogP contribution in [-0.2, 0) is 11.2 Å². The molecule has 0 saturated heterocycles. The van der Waals surface area contributed by atoms with Crippen LogP contribution >= 0.6 is 11.6 Å². The number of para-hydroxylation sites is 2. The van der Waals surface area contributed by atoms with Crippen LogP contribution in [-0.4, -0.2) is 15.9 Å². The number of aryl methyl sites for hydroxylation is 1. The van der Waals surface area contributed by atoms with E-state index in [0.717, 1.165) is 38.8 Å². The highest BCUT2D eigenvalue weighted by molar-refractivity contribution is 6.33. The summed E-state index contributed by atoms with van der Waals surface area (Å²) in [4.78, 5) is 20.7. The zero-order valence-electron chi connectivity index (χ0n) is 17.7. The van der Waals surface area contributed by atoms with Gasteiger partial charge in [0, 0.05) is 22.7 Å². The fraction of sp³-hybridized carbons (Fsp3) is 0.111. The molecule has 3 aromatic carbocycles. The number of carbonyl (C=O) groups is 1. The molecule has 2 N–H and O–H groups in total. The number of hydrogen-bond acceptors (Lipinski definition) is 2. The van der Waals surface area contributed by atoms with E-state index in [2.05, 4.69) is 10.3 Å². The monoisotopic (exact) mass is 457 g/mol. The smallest absolute Gasteiger partial charge is 0.224 e. The number of rotatable bonds is 6. The number of aromatic amines is 1. The summed E-state index contributed by atoms with van der Waals surface area (Å²) in [5.74, 6) is -0.406. The van der Waals surface area contributed by atoms with Crippen molar-refractivity contribution in [1.82, 2.24) is 9.97 Å². The molecule has 33 heavy (non-hydrogen) atoms. The van der Waals surface area contributed by atoms with Gasteiger partial charge in [-0.05, 0) is 60.9 Å². The number of anilines is 1. The first-order valence-electron chi connectivity index (χ1n) is 10.8. The van der Waals surface area contributed by atoms with Gasteiger partial charge in [-0.15, -0.1) is 0 Å².